The van der Waals surface area contributed by atoms with Gasteiger partial charge in [0.2, 0.25) is 0 Å². The Morgan fingerprint density at radius 3 is 2.65 bits per heavy atom. The van der Waals surface area contributed by atoms with Crippen LogP contribution < -0.4 is 0 Å². The fraction of sp³-hybridized carbons (Fsp3) is 0.250. The van der Waals surface area contributed by atoms with Gasteiger partial charge in [-0.2, -0.15) is 0 Å². The van der Waals surface area contributed by atoms with Gasteiger partial charge in [0.05, 0.1) is 0 Å². The molecule has 5 heteroatoms. The van der Waals surface area contributed by atoms with Crippen LogP contribution in [0.3, 0.4) is 0 Å². The zero-order chi connectivity index (χ0) is 10.8. The summed E-state index contributed by atoms with van der Waals surface area (Å²) in [4.78, 5) is 11.7. The minimum absolute atomic E-state index is 0. The molecule has 1 radical (unpaired) electrons. The maximum absolute atomic E-state index is 11.7. The van der Waals surface area contributed by atoms with E-state index in [0.29, 0.717) is 23.0 Å². The number of carbonyl (C=O) groups is 1. The van der Waals surface area contributed by atoms with E-state index in [4.69, 9.17) is 4.42 Å². The van der Waals surface area contributed by atoms with Crippen molar-refractivity contribution in [3.8, 4) is 5.95 Å². The van der Waals surface area contributed by atoms with Gasteiger partial charge in [0.25, 0.3) is 5.95 Å². The van der Waals surface area contributed by atoms with Crippen LogP contribution in [0.25, 0.3) is 11.0 Å². The summed E-state index contributed by atoms with van der Waals surface area (Å²) in [7, 11) is 0. The van der Waals surface area contributed by atoms with Gasteiger partial charge in [-0.15, -0.1) is 0 Å². The molecule has 0 aliphatic rings. The van der Waals surface area contributed by atoms with Gasteiger partial charge in [-0.05, 0) is 12.5 Å². The summed E-state index contributed by atoms with van der Waals surface area (Å²) in [5, 5.41) is 10.2. The Hall–Kier alpha value is -0.810. The molecular formula is C12H14NaO4. The van der Waals surface area contributed by atoms with Crippen LogP contribution in [0.1, 0.15) is 30.1 Å². The van der Waals surface area contributed by atoms with E-state index in [2.05, 4.69) is 0 Å². The summed E-state index contributed by atoms with van der Waals surface area (Å²) in [6.07, 6.45) is 1.19. The average molecular weight is 245 g/mol. The molecule has 17 heavy (non-hydrogen) atoms. The largest absolute Gasteiger partial charge is 0.480 e. The van der Waals surface area contributed by atoms with Crippen LogP contribution in [-0.2, 0) is 0 Å². The molecule has 0 atom stereocenters. The number of rotatable bonds is 3. The third-order valence-electron chi connectivity index (χ3n) is 2.33. The summed E-state index contributed by atoms with van der Waals surface area (Å²) >= 11 is 0. The number of hydrogen-bond donors (Lipinski definition) is 1. The number of para-hydroxylation sites is 1. The predicted molar refractivity (Wildman–Crippen MR) is 66.5 cm³/mol. The number of aromatic hydroxyl groups is 1. The first-order chi connectivity index (χ1) is 7.24. The zero-order valence-electron chi connectivity index (χ0n) is 9.99. The van der Waals surface area contributed by atoms with Gasteiger partial charge in [0, 0.05) is 41.4 Å². The number of Topliss-reactive ketones (excluding diaryl/α,β-unsaturated/α-hetero) is 1. The molecule has 0 spiro atoms. The van der Waals surface area contributed by atoms with E-state index in [9.17, 15) is 9.90 Å². The topological polar surface area (TPSA) is 81.9 Å². The van der Waals surface area contributed by atoms with E-state index in [1.807, 2.05) is 13.0 Å². The molecule has 0 saturated carbocycles. The summed E-state index contributed by atoms with van der Waals surface area (Å²) in [6.45, 7) is 1.93. The van der Waals surface area contributed by atoms with Crippen LogP contribution in [0.5, 0.6) is 5.95 Å². The minimum atomic E-state index is -0.269. The SMILES string of the molecule is CCCC(=O)c1c(O)oc2ccccc12.O.[Na]. The third kappa shape index (κ3) is 3.10. The minimum Gasteiger partial charge on any atom is -0.480 e. The van der Waals surface area contributed by atoms with Crippen LogP contribution in [0, 0.1) is 0 Å². The van der Waals surface area contributed by atoms with Crippen LogP contribution in [-0.4, -0.2) is 45.9 Å². The molecule has 0 aliphatic carbocycles. The quantitative estimate of drug-likeness (QED) is 0.662. The van der Waals surface area contributed by atoms with Crippen molar-refractivity contribution in [2.24, 2.45) is 0 Å². The van der Waals surface area contributed by atoms with Crippen LogP contribution in [0.15, 0.2) is 28.7 Å². The number of benzene rings is 1. The smallest absolute Gasteiger partial charge is 0.294 e. The number of carbonyl (C=O) groups excluding carboxylic acids is 1. The maximum Gasteiger partial charge on any atom is 0.294 e. The van der Waals surface area contributed by atoms with Crippen molar-refractivity contribution >= 4 is 46.3 Å². The second-order valence-electron chi connectivity index (χ2n) is 3.45. The zero-order valence-corrected chi connectivity index (χ0v) is 12.0. The average Bonchev–Trinajstić information content (AvgIpc) is 2.54. The fourth-order valence-electron chi connectivity index (χ4n) is 1.65. The van der Waals surface area contributed by atoms with Gasteiger partial charge >= 0.3 is 0 Å². The Balaban J connectivity index is 0.00000128. The van der Waals surface area contributed by atoms with E-state index in [1.54, 1.807) is 18.2 Å². The Bertz CT molecular complexity index is 504. The fourth-order valence-corrected chi connectivity index (χ4v) is 1.65. The van der Waals surface area contributed by atoms with Crippen LogP contribution in [0.4, 0.5) is 0 Å². The molecule has 1 heterocycles. The Morgan fingerprint density at radius 2 is 2.00 bits per heavy atom. The van der Waals surface area contributed by atoms with Gasteiger partial charge in [-0.1, -0.05) is 25.1 Å². The van der Waals surface area contributed by atoms with Gasteiger partial charge in [-0.25, -0.2) is 0 Å². The molecule has 2 rings (SSSR count). The molecular weight excluding hydrogens is 231 g/mol. The van der Waals surface area contributed by atoms with Gasteiger partial charge in [-0.3, -0.25) is 4.79 Å². The number of fused-ring (bicyclic) bond motifs is 1. The van der Waals surface area contributed by atoms with E-state index >= 15 is 0 Å². The van der Waals surface area contributed by atoms with Crippen molar-refractivity contribution in [1.82, 2.24) is 0 Å². The van der Waals surface area contributed by atoms with E-state index in [-0.39, 0.29) is 46.8 Å². The van der Waals surface area contributed by atoms with Crippen molar-refractivity contribution in [2.75, 3.05) is 0 Å². The van der Waals surface area contributed by atoms with Gasteiger partial charge < -0.3 is 15.0 Å². The second kappa shape index (κ2) is 6.81. The second-order valence-corrected chi connectivity index (χ2v) is 3.45. The first-order valence-electron chi connectivity index (χ1n) is 4.97. The van der Waals surface area contributed by atoms with E-state index < -0.39 is 0 Å². The summed E-state index contributed by atoms with van der Waals surface area (Å²) in [5.74, 6) is -0.338. The third-order valence-corrected chi connectivity index (χ3v) is 2.33. The Morgan fingerprint density at radius 1 is 1.35 bits per heavy atom. The standard InChI is InChI=1S/C12H12O3.Na.H2O/c1-2-5-9(13)11-8-6-3-4-7-10(8)15-12(11)14;;/h3-4,6-7,14H,2,5H2,1H3;;1H2. The summed E-state index contributed by atoms with van der Waals surface area (Å²) in [6, 6.07) is 7.14. The van der Waals surface area contributed by atoms with Crippen molar-refractivity contribution in [3.05, 3.63) is 29.8 Å². The molecule has 2 aromatic rings. The van der Waals surface area contributed by atoms with Gasteiger partial charge in [0.1, 0.15) is 11.1 Å². The summed E-state index contributed by atoms with van der Waals surface area (Å²) < 4.78 is 5.10. The number of ketones is 1. The maximum atomic E-state index is 11.7. The number of furan rings is 1. The van der Waals surface area contributed by atoms with Crippen LogP contribution >= 0.6 is 0 Å². The molecule has 0 amide bonds. The normalized spacial score (nSPS) is 9.47. The Kier molecular flexibility index (Phi) is 6.49. The monoisotopic (exact) mass is 245 g/mol. The number of hydrogen-bond acceptors (Lipinski definition) is 3. The van der Waals surface area contributed by atoms with Crippen molar-refractivity contribution in [1.29, 1.82) is 0 Å². The van der Waals surface area contributed by atoms with Gasteiger partial charge in [0.15, 0.2) is 5.78 Å². The molecule has 1 aromatic carbocycles. The molecule has 87 valence electrons. The first-order valence-corrected chi connectivity index (χ1v) is 4.97. The van der Waals surface area contributed by atoms with Crippen LogP contribution in [0.2, 0.25) is 0 Å². The van der Waals surface area contributed by atoms with E-state index in [0.717, 1.165) is 6.42 Å². The molecule has 0 fully saturated rings. The van der Waals surface area contributed by atoms with Crippen molar-refractivity contribution < 1.29 is 19.8 Å². The molecule has 4 nitrogen and oxygen atoms in total. The van der Waals surface area contributed by atoms with Crippen molar-refractivity contribution in [3.63, 3.8) is 0 Å². The molecule has 1 aromatic heterocycles. The molecule has 0 saturated heterocycles. The molecule has 3 N–H and O–H groups in total. The Labute approximate surface area is 121 Å². The van der Waals surface area contributed by atoms with E-state index in [1.165, 1.54) is 0 Å². The van der Waals surface area contributed by atoms with Crippen molar-refractivity contribution in [2.45, 2.75) is 19.8 Å². The predicted octanol–water partition coefficient (Wildman–Crippen LogP) is 1.92. The summed E-state index contributed by atoms with van der Waals surface area (Å²) in [5.41, 5.74) is 0.863. The molecule has 0 aliphatic heterocycles. The first kappa shape index (κ1) is 16.2. The molecule has 0 bridgehead atoms. The molecule has 0 unspecified atom stereocenters.